The van der Waals surface area contributed by atoms with Gasteiger partial charge in [0.25, 0.3) is 0 Å². The Hall–Kier alpha value is -1.10. The van der Waals surface area contributed by atoms with Gasteiger partial charge in [0.2, 0.25) is 17.2 Å². The minimum absolute atomic E-state index is 0.262. The Morgan fingerprint density at radius 2 is 2.16 bits per heavy atom. The molecule has 1 fully saturated rings. The van der Waals surface area contributed by atoms with E-state index < -0.39 is 0 Å². The molecule has 1 unspecified atom stereocenters. The van der Waals surface area contributed by atoms with E-state index in [0.29, 0.717) is 23.9 Å². The first-order chi connectivity index (χ1) is 9.11. The number of aromatic nitrogens is 3. The Morgan fingerprint density at radius 1 is 1.37 bits per heavy atom. The minimum Gasteiger partial charge on any atom is -0.354 e. The van der Waals surface area contributed by atoms with Crippen LogP contribution >= 0.6 is 11.6 Å². The summed E-state index contributed by atoms with van der Waals surface area (Å²) in [4.78, 5) is 15.2. The third-order valence-electron chi connectivity index (χ3n) is 3.46. The highest BCUT2D eigenvalue weighted by molar-refractivity contribution is 6.28. The van der Waals surface area contributed by atoms with E-state index in [2.05, 4.69) is 45.9 Å². The fourth-order valence-corrected chi connectivity index (χ4v) is 2.67. The lowest BCUT2D eigenvalue weighted by atomic mass is 10.0. The summed E-state index contributed by atoms with van der Waals surface area (Å²) in [5, 5.41) is 3.43. The van der Waals surface area contributed by atoms with Gasteiger partial charge in [-0.15, -0.1) is 0 Å². The maximum atomic E-state index is 6.01. The second kappa shape index (κ2) is 6.37. The van der Waals surface area contributed by atoms with Crippen LogP contribution in [-0.2, 0) is 0 Å². The molecule has 2 rings (SSSR count). The molecule has 1 atom stereocenters. The topological polar surface area (TPSA) is 53.9 Å². The van der Waals surface area contributed by atoms with Gasteiger partial charge in [-0.2, -0.15) is 15.0 Å². The molecule has 1 N–H and O–H groups in total. The molecule has 0 saturated carbocycles. The molecule has 19 heavy (non-hydrogen) atoms. The van der Waals surface area contributed by atoms with Crippen LogP contribution in [0, 0.1) is 5.92 Å². The molecule has 1 aliphatic heterocycles. The number of hydrogen-bond donors (Lipinski definition) is 1. The summed E-state index contributed by atoms with van der Waals surface area (Å²) in [6.45, 7) is 8.42. The fourth-order valence-electron chi connectivity index (χ4n) is 2.52. The van der Waals surface area contributed by atoms with Gasteiger partial charge in [-0.1, -0.05) is 20.8 Å². The largest absolute Gasteiger partial charge is 0.354 e. The van der Waals surface area contributed by atoms with Gasteiger partial charge >= 0.3 is 0 Å². The summed E-state index contributed by atoms with van der Waals surface area (Å²) in [6, 6.07) is 0.498. The number of nitrogens with zero attached hydrogens (tertiary/aromatic N) is 4. The van der Waals surface area contributed by atoms with Crippen molar-refractivity contribution in [3.05, 3.63) is 5.28 Å². The van der Waals surface area contributed by atoms with Crippen molar-refractivity contribution in [2.24, 2.45) is 5.92 Å². The highest BCUT2D eigenvalue weighted by Crippen LogP contribution is 2.28. The van der Waals surface area contributed by atoms with Crippen LogP contribution in [0.3, 0.4) is 0 Å². The van der Waals surface area contributed by atoms with Crippen LogP contribution in [0.4, 0.5) is 11.9 Å². The second-order valence-electron chi connectivity index (χ2n) is 5.30. The van der Waals surface area contributed by atoms with E-state index in [4.69, 9.17) is 11.6 Å². The zero-order valence-electron chi connectivity index (χ0n) is 11.9. The van der Waals surface area contributed by atoms with Crippen LogP contribution in [0.5, 0.6) is 0 Å². The zero-order valence-corrected chi connectivity index (χ0v) is 12.6. The van der Waals surface area contributed by atoms with Crippen molar-refractivity contribution < 1.29 is 0 Å². The predicted molar refractivity (Wildman–Crippen MR) is 78.8 cm³/mol. The summed E-state index contributed by atoms with van der Waals surface area (Å²) >= 11 is 6.01. The van der Waals surface area contributed by atoms with Crippen molar-refractivity contribution in [1.29, 1.82) is 0 Å². The van der Waals surface area contributed by atoms with Crippen LogP contribution < -0.4 is 10.2 Å². The van der Waals surface area contributed by atoms with E-state index in [9.17, 15) is 0 Å². The van der Waals surface area contributed by atoms with Gasteiger partial charge in [-0.05, 0) is 36.8 Å². The van der Waals surface area contributed by atoms with Crippen LogP contribution in [0.15, 0.2) is 0 Å². The smallest absolute Gasteiger partial charge is 0.231 e. The molecule has 0 aliphatic carbocycles. The molecule has 1 aliphatic rings. The van der Waals surface area contributed by atoms with E-state index in [-0.39, 0.29) is 5.28 Å². The molecular formula is C13H22ClN5. The van der Waals surface area contributed by atoms with Gasteiger partial charge in [-0.3, -0.25) is 0 Å². The van der Waals surface area contributed by atoms with E-state index in [1.165, 1.54) is 12.8 Å². The van der Waals surface area contributed by atoms with Gasteiger partial charge in [0, 0.05) is 19.1 Å². The average Bonchev–Trinajstić information content (AvgIpc) is 2.85. The normalized spacial score (nSPS) is 19.2. The molecule has 5 nitrogen and oxygen atoms in total. The molecule has 0 radical (unpaired) electrons. The first-order valence-corrected chi connectivity index (χ1v) is 7.41. The standard InChI is InChI=1S/C13H22ClN5/c1-4-7-15-12-16-11(14)17-13(18-12)19-8-5-6-10(19)9(2)3/h9-10H,4-8H2,1-3H3,(H,15,16,17,18). The van der Waals surface area contributed by atoms with Gasteiger partial charge in [0.15, 0.2) is 0 Å². The number of anilines is 2. The molecule has 1 aromatic heterocycles. The number of hydrogen-bond acceptors (Lipinski definition) is 5. The molecular weight excluding hydrogens is 262 g/mol. The Morgan fingerprint density at radius 3 is 2.84 bits per heavy atom. The molecule has 2 heterocycles. The third kappa shape index (κ3) is 3.47. The lowest BCUT2D eigenvalue weighted by molar-refractivity contribution is 0.486. The van der Waals surface area contributed by atoms with Crippen LogP contribution in [0.2, 0.25) is 5.28 Å². The first-order valence-electron chi connectivity index (χ1n) is 7.04. The van der Waals surface area contributed by atoms with Crippen molar-refractivity contribution in [2.75, 3.05) is 23.3 Å². The SMILES string of the molecule is CCCNc1nc(Cl)nc(N2CCCC2C(C)C)n1. The molecule has 0 bridgehead atoms. The van der Waals surface area contributed by atoms with Crippen molar-refractivity contribution in [2.45, 2.75) is 46.1 Å². The Balaban J connectivity index is 2.21. The summed E-state index contributed by atoms with van der Waals surface area (Å²) in [7, 11) is 0. The first kappa shape index (κ1) is 14.3. The Kier molecular flexibility index (Phi) is 4.80. The van der Waals surface area contributed by atoms with Crippen molar-refractivity contribution in [1.82, 2.24) is 15.0 Å². The van der Waals surface area contributed by atoms with E-state index >= 15 is 0 Å². The molecule has 106 valence electrons. The van der Waals surface area contributed by atoms with E-state index in [0.717, 1.165) is 19.5 Å². The lowest BCUT2D eigenvalue weighted by Gasteiger charge is -2.27. The molecule has 0 amide bonds. The van der Waals surface area contributed by atoms with E-state index in [1.807, 2.05) is 0 Å². The van der Waals surface area contributed by atoms with Crippen molar-refractivity contribution in [3.8, 4) is 0 Å². The highest BCUT2D eigenvalue weighted by Gasteiger charge is 2.29. The third-order valence-corrected chi connectivity index (χ3v) is 3.62. The second-order valence-corrected chi connectivity index (χ2v) is 5.64. The summed E-state index contributed by atoms with van der Waals surface area (Å²) in [5.41, 5.74) is 0. The average molecular weight is 284 g/mol. The molecule has 1 aromatic rings. The number of halogens is 1. The maximum absolute atomic E-state index is 6.01. The van der Waals surface area contributed by atoms with Crippen LogP contribution in [0.25, 0.3) is 0 Å². The molecule has 0 aromatic carbocycles. The zero-order chi connectivity index (χ0) is 13.8. The van der Waals surface area contributed by atoms with Gasteiger partial charge in [-0.25, -0.2) is 0 Å². The monoisotopic (exact) mass is 283 g/mol. The quantitative estimate of drug-likeness (QED) is 0.900. The molecule has 0 spiro atoms. The number of rotatable bonds is 5. The van der Waals surface area contributed by atoms with Crippen LogP contribution in [0.1, 0.15) is 40.0 Å². The summed E-state index contributed by atoms with van der Waals surface area (Å²) in [6.07, 6.45) is 3.40. The Labute approximate surface area is 119 Å². The molecule has 6 heteroatoms. The van der Waals surface area contributed by atoms with Gasteiger partial charge < -0.3 is 10.2 Å². The predicted octanol–water partition coefficient (Wildman–Crippen LogP) is 2.97. The van der Waals surface area contributed by atoms with Gasteiger partial charge in [0.1, 0.15) is 0 Å². The van der Waals surface area contributed by atoms with Crippen molar-refractivity contribution >= 4 is 23.5 Å². The maximum Gasteiger partial charge on any atom is 0.231 e. The van der Waals surface area contributed by atoms with Crippen LogP contribution in [-0.4, -0.2) is 34.1 Å². The fraction of sp³-hybridized carbons (Fsp3) is 0.769. The van der Waals surface area contributed by atoms with Gasteiger partial charge in [0.05, 0.1) is 0 Å². The number of nitrogens with one attached hydrogen (secondary N) is 1. The molecule has 1 saturated heterocycles. The minimum atomic E-state index is 0.262. The van der Waals surface area contributed by atoms with E-state index in [1.54, 1.807) is 0 Å². The van der Waals surface area contributed by atoms with Crippen molar-refractivity contribution in [3.63, 3.8) is 0 Å². The summed E-state index contributed by atoms with van der Waals surface area (Å²) in [5.74, 6) is 1.87. The summed E-state index contributed by atoms with van der Waals surface area (Å²) < 4.78 is 0. The highest BCUT2D eigenvalue weighted by atomic mass is 35.5. The lowest BCUT2D eigenvalue weighted by Crippen LogP contribution is -2.35. The Bertz CT molecular complexity index is 423.